The number of benzene rings is 1. The molecular weight excluding hydrogens is 386 g/mol. The Kier molecular flexibility index (Phi) is 4.94. The number of nitrogens with zero attached hydrogens (tertiary/aromatic N) is 5. The first kappa shape index (κ1) is 18.9. The van der Waals surface area contributed by atoms with Crippen LogP contribution >= 0.6 is 11.3 Å². The molecule has 8 heteroatoms. The first-order valence-electron chi connectivity index (χ1n) is 8.98. The summed E-state index contributed by atoms with van der Waals surface area (Å²) >= 11 is 1.56. The van der Waals surface area contributed by atoms with Crippen molar-refractivity contribution in [2.75, 3.05) is 14.1 Å². The molecule has 3 aromatic heterocycles. The van der Waals surface area contributed by atoms with Crippen LogP contribution in [0.4, 0.5) is 0 Å². The Morgan fingerprint density at radius 2 is 1.76 bits per heavy atom. The van der Waals surface area contributed by atoms with Crippen molar-refractivity contribution in [3.05, 3.63) is 58.7 Å². The summed E-state index contributed by atoms with van der Waals surface area (Å²) in [6.45, 7) is 3.86. The van der Waals surface area contributed by atoms with Crippen LogP contribution in [-0.2, 0) is 0 Å². The van der Waals surface area contributed by atoms with Crippen molar-refractivity contribution >= 4 is 17.2 Å². The van der Waals surface area contributed by atoms with Gasteiger partial charge in [-0.1, -0.05) is 12.1 Å². The zero-order valence-electron chi connectivity index (χ0n) is 16.5. The van der Waals surface area contributed by atoms with Gasteiger partial charge >= 0.3 is 0 Å². The minimum absolute atomic E-state index is 0.0468. The van der Waals surface area contributed by atoms with Gasteiger partial charge in [0.25, 0.3) is 17.7 Å². The lowest BCUT2D eigenvalue weighted by molar-refractivity contribution is 0.0827. The largest absolute Gasteiger partial charge is 0.414 e. The molecule has 0 aliphatic heterocycles. The lowest BCUT2D eigenvalue weighted by atomic mass is 10.1. The highest BCUT2D eigenvalue weighted by Crippen LogP contribution is 2.31. The average molecular weight is 405 g/mol. The van der Waals surface area contributed by atoms with Gasteiger partial charge in [0.1, 0.15) is 5.69 Å². The predicted octanol–water partition coefficient (Wildman–Crippen LogP) is 4.24. The van der Waals surface area contributed by atoms with Crippen LogP contribution in [0.15, 0.2) is 46.3 Å². The number of amides is 1. The van der Waals surface area contributed by atoms with Crippen LogP contribution in [0.5, 0.6) is 0 Å². The van der Waals surface area contributed by atoms with Gasteiger partial charge in [-0.05, 0) is 43.0 Å². The van der Waals surface area contributed by atoms with Crippen molar-refractivity contribution in [3.8, 4) is 33.6 Å². The van der Waals surface area contributed by atoms with E-state index in [-0.39, 0.29) is 5.91 Å². The third kappa shape index (κ3) is 3.66. The summed E-state index contributed by atoms with van der Waals surface area (Å²) in [5.74, 6) is 0.763. The molecule has 3 heterocycles. The fourth-order valence-electron chi connectivity index (χ4n) is 2.84. The maximum atomic E-state index is 12.1. The molecule has 1 amide bonds. The number of aryl methyl sites for hydroxylation is 2. The Morgan fingerprint density at radius 3 is 2.41 bits per heavy atom. The molecule has 7 nitrogen and oxygen atoms in total. The second-order valence-electron chi connectivity index (χ2n) is 6.81. The lowest BCUT2D eigenvalue weighted by Crippen LogP contribution is -2.21. The number of hydrogen-bond donors (Lipinski definition) is 0. The Hall–Kier alpha value is -3.39. The van der Waals surface area contributed by atoms with Crippen LogP contribution in [0.3, 0.4) is 0 Å². The minimum atomic E-state index is -0.0468. The van der Waals surface area contributed by atoms with Gasteiger partial charge in [-0.15, -0.1) is 21.5 Å². The van der Waals surface area contributed by atoms with Crippen LogP contribution in [0.2, 0.25) is 0 Å². The van der Waals surface area contributed by atoms with E-state index in [9.17, 15) is 4.79 Å². The van der Waals surface area contributed by atoms with Gasteiger partial charge in [0.15, 0.2) is 0 Å². The van der Waals surface area contributed by atoms with E-state index >= 15 is 0 Å². The van der Waals surface area contributed by atoms with Gasteiger partial charge < -0.3 is 9.32 Å². The molecule has 0 spiro atoms. The summed E-state index contributed by atoms with van der Waals surface area (Å²) in [5.41, 5.74) is 4.47. The average Bonchev–Trinajstić information content (AvgIpc) is 3.36. The molecule has 4 rings (SSSR count). The summed E-state index contributed by atoms with van der Waals surface area (Å²) < 4.78 is 5.88. The van der Waals surface area contributed by atoms with E-state index in [0.29, 0.717) is 34.4 Å². The summed E-state index contributed by atoms with van der Waals surface area (Å²) in [7, 11) is 3.45. The van der Waals surface area contributed by atoms with Gasteiger partial charge in [-0.3, -0.25) is 9.78 Å². The molecule has 0 unspecified atom stereocenters. The highest BCUT2D eigenvalue weighted by Gasteiger charge is 2.18. The standard InChI is InChI=1S/C21H19N5O2S/c1-12-9-10-29-18(12)20-25-24-19(28-20)17-13(2)22-11-16(23-17)14-5-7-15(8-6-14)21(27)26(3)4/h5-11H,1-4H3. The highest BCUT2D eigenvalue weighted by atomic mass is 32.1. The quantitative estimate of drug-likeness (QED) is 0.505. The predicted molar refractivity (Wildman–Crippen MR) is 112 cm³/mol. The maximum absolute atomic E-state index is 12.1. The Balaban J connectivity index is 1.68. The van der Waals surface area contributed by atoms with Gasteiger partial charge in [-0.25, -0.2) is 4.98 Å². The molecular formula is C21H19N5O2S. The summed E-state index contributed by atoms with van der Waals surface area (Å²) in [5, 5.41) is 10.3. The van der Waals surface area contributed by atoms with Crippen molar-refractivity contribution in [2.45, 2.75) is 13.8 Å². The minimum Gasteiger partial charge on any atom is -0.414 e. The lowest BCUT2D eigenvalue weighted by Gasteiger charge is -2.10. The molecule has 0 saturated carbocycles. The van der Waals surface area contributed by atoms with Crippen molar-refractivity contribution in [3.63, 3.8) is 0 Å². The number of aromatic nitrogens is 4. The number of carbonyl (C=O) groups is 1. The van der Waals surface area contributed by atoms with E-state index in [1.165, 1.54) is 0 Å². The molecule has 0 saturated heterocycles. The van der Waals surface area contributed by atoms with Crippen LogP contribution in [0, 0.1) is 13.8 Å². The SMILES string of the molecule is Cc1ccsc1-c1nnc(-c2nc(-c3ccc(C(=O)N(C)C)cc3)cnc2C)o1. The first-order valence-corrected chi connectivity index (χ1v) is 9.86. The van der Waals surface area contributed by atoms with Crippen LogP contribution in [-0.4, -0.2) is 45.1 Å². The fourth-order valence-corrected chi connectivity index (χ4v) is 3.68. The normalized spacial score (nSPS) is 10.9. The van der Waals surface area contributed by atoms with E-state index in [2.05, 4.69) is 20.2 Å². The zero-order valence-corrected chi connectivity index (χ0v) is 17.3. The van der Waals surface area contributed by atoms with E-state index in [1.807, 2.05) is 37.4 Å². The van der Waals surface area contributed by atoms with E-state index in [1.54, 1.807) is 48.7 Å². The third-order valence-electron chi connectivity index (χ3n) is 4.47. The fraction of sp³-hybridized carbons (Fsp3) is 0.190. The number of carbonyl (C=O) groups excluding carboxylic acids is 1. The summed E-state index contributed by atoms with van der Waals surface area (Å²) in [4.78, 5) is 23.7. The van der Waals surface area contributed by atoms with Gasteiger partial charge in [-0.2, -0.15) is 0 Å². The number of thiophene rings is 1. The molecule has 0 N–H and O–H groups in total. The molecule has 0 aliphatic carbocycles. The molecule has 0 bridgehead atoms. The molecule has 1 aromatic carbocycles. The smallest absolute Gasteiger partial charge is 0.268 e. The van der Waals surface area contributed by atoms with Crippen LogP contribution < -0.4 is 0 Å². The Morgan fingerprint density at radius 1 is 1.03 bits per heavy atom. The van der Waals surface area contributed by atoms with Crippen molar-refractivity contribution in [1.29, 1.82) is 0 Å². The summed E-state index contributed by atoms with van der Waals surface area (Å²) in [6.07, 6.45) is 1.70. The van der Waals surface area contributed by atoms with E-state index < -0.39 is 0 Å². The Bertz CT molecular complexity index is 1180. The Labute approximate surface area is 172 Å². The topological polar surface area (TPSA) is 85.0 Å². The van der Waals surface area contributed by atoms with E-state index in [4.69, 9.17) is 4.42 Å². The van der Waals surface area contributed by atoms with Crippen molar-refractivity contribution in [1.82, 2.24) is 25.1 Å². The van der Waals surface area contributed by atoms with Crippen molar-refractivity contribution in [2.24, 2.45) is 0 Å². The molecule has 0 fully saturated rings. The van der Waals surface area contributed by atoms with Gasteiger partial charge in [0.05, 0.1) is 22.5 Å². The second-order valence-corrected chi connectivity index (χ2v) is 7.73. The van der Waals surface area contributed by atoms with E-state index in [0.717, 1.165) is 16.0 Å². The molecule has 0 aliphatic rings. The van der Waals surface area contributed by atoms with Crippen LogP contribution in [0.1, 0.15) is 21.6 Å². The number of hydrogen-bond acceptors (Lipinski definition) is 7. The number of rotatable bonds is 4. The first-order chi connectivity index (χ1) is 13.9. The molecule has 29 heavy (non-hydrogen) atoms. The second kappa shape index (κ2) is 7.56. The monoisotopic (exact) mass is 405 g/mol. The van der Waals surface area contributed by atoms with Gasteiger partial charge in [0.2, 0.25) is 0 Å². The molecule has 0 atom stereocenters. The summed E-state index contributed by atoms with van der Waals surface area (Å²) in [6, 6.07) is 9.29. The molecule has 4 aromatic rings. The molecule has 146 valence electrons. The van der Waals surface area contributed by atoms with Crippen molar-refractivity contribution < 1.29 is 9.21 Å². The molecule has 0 radical (unpaired) electrons. The zero-order chi connectivity index (χ0) is 20.5. The highest BCUT2D eigenvalue weighted by molar-refractivity contribution is 7.13. The maximum Gasteiger partial charge on any atom is 0.268 e. The van der Waals surface area contributed by atoms with Gasteiger partial charge in [0, 0.05) is 25.2 Å². The van der Waals surface area contributed by atoms with Crippen LogP contribution in [0.25, 0.3) is 33.6 Å². The third-order valence-corrected chi connectivity index (χ3v) is 5.48.